The summed E-state index contributed by atoms with van der Waals surface area (Å²) >= 11 is 11.1. The second-order valence-corrected chi connectivity index (χ2v) is 8.53. The van der Waals surface area contributed by atoms with Crippen LogP contribution in [0.1, 0.15) is 31.4 Å². The third kappa shape index (κ3) is 2.05. The number of aryl methyl sites for hydroxylation is 2. The highest BCUT2D eigenvalue weighted by molar-refractivity contribution is 9.11. The Labute approximate surface area is 120 Å². The quantitative estimate of drug-likeness (QED) is 0.602. The zero-order valence-corrected chi connectivity index (χ0v) is 13.3. The minimum Gasteiger partial charge on any atom is -0.144 e. The minimum atomic E-state index is 0.374. The summed E-state index contributed by atoms with van der Waals surface area (Å²) in [5.41, 5.74) is 1.58. The van der Waals surface area contributed by atoms with Gasteiger partial charge in [0.1, 0.15) is 0 Å². The molecule has 0 saturated heterocycles. The first-order valence-electron chi connectivity index (χ1n) is 5.25. The van der Waals surface area contributed by atoms with Gasteiger partial charge in [0, 0.05) is 14.6 Å². The Morgan fingerprint density at radius 2 is 2.00 bits per heavy atom. The van der Waals surface area contributed by atoms with E-state index in [1.54, 1.807) is 10.4 Å². The van der Waals surface area contributed by atoms with E-state index in [1.165, 1.54) is 32.8 Å². The van der Waals surface area contributed by atoms with E-state index in [1.807, 2.05) is 22.7 Å². The maximum Gasteiger partial charge on any atom is 0.0831 e. The summed E-state index contributed by atoms with van der Waals surface area (Å²) in [6.07, 6.45) is 3.91. The predicted octanol–water partition coefficient (Wildman–Crippen LogP) is 5.55. The topological polar surface area (TPSA) is 0 Å². The van der Waals surface area contributed by atoms with Crippen LogP contribution < -0.4 is 0 Å². The number of hydrogen-bond acceptors (Lipinski definition) is 2. The van der Waals surface area contributed by atoms with Crippen molar-refractivity contribution in [2.24, 2.45) is 0 Å². The SMILES string of the molecule is Brc1ccc(C(Br)c2cc3c(s2)CCC3)s1. The molecule has 0 aliphatic heterocycles. The molecule has 0 nitrogen and oxygen atoms in total. The summed E-state index contributed by atoms with van der Waals surface area (Å²) < 4.78 is 1.20. The zero-order chi connectivity index (χ0) is 11.1. The van der Waals surface area contributed by atoms with E-state index in [9.17, 15) is 0 Å². The van der Waals surface area contributed by atoms with E-state index < -0.39 is 0 Å². The number of fused-ring (bicyclic) bond motifs is 1. The highest BCUT2D eigenvalue weighted by Crippen LogP contribution is 2.42. The number of rotatable bonds is 2. The molecule has 0 spiro atoms. The fourth-order valence-corrected chi connectivity index (χ4v) is 5.68. The molecule has 1 aliphatic carbocycles. The molecule has 0 N–H and O–H groups in total. The first kappa shape index (κ1) is 11.5. The monoisotopic (exact) mass is 376 g/mol. The van der Waals surface area contributed by atoms with Gasteiger partial charge in [-0.2, -0.15) is 0 Å². The Balaban J connectivity index is 1.91. The smallest absolute Gasteiger partial charge is 0.0831 e. The van der Waals surface area contributed by atoms with Crippen molar-refractivity contribution in [3.63, 3.8) is 0 Å². The van der Waals surface area contributed by atoms with Crippen LogP contribution in [0.25, 0.3) is 0 Å². The van der Waals surface area contributed by atoms with Crippen molar-refractivity contribution in [1.29, 1.82) is 0 Å². The van der Waals surface area contributed by atoms with Gasteiger partial charge in [-0.15, -0.1) is 22.7 Å². The van der Waals surface area contributed by atoms with E-state index in [2.05, 4.69) is 50.1 Å². The Bertz CT molecular complexity index is 491. The highest BCUT2D eigenvalue weighted by atomic mass is 79.9. The van der Waals surface area contributed by atoms with Gasteiger partial charge in [0.2, 0.25) is 0 Å². The Hall–Kier alpha value is 0.360. The van der Waals surface area contributed by atoms with Gasteiger partial charge in [0.15, 0.2) is 0 Å². The molecule has 2 aromatic heterocycles. The average Bonchev–Trinajstić information content (AvgIpc) is 2.89. The largest absolute Gasteiger partial charge is 0.144 e. The van der Waals surface area contributed by atoms with Crippen LogP contribution in [0.5, 0.6) is 0 Å². The molecular weight excluding hydrogens is 368 g/mol. The summed E-state index contributed by atoms with van der Waals surface area (Å²) in [6.45, 7) is 0. The number of halogens is 2. The van der Waals surface area contributed by atoms with E-state index in [4.69, 9.17) is 0 Å². The van der Waals surface area contributed by atoms with Crippen LogP contribution in [0.3, 0.4) is 0 Å². The lowest BCUT2D eigenvalue weighted by Gasteiger charge is -2.04. The molecule has 0 amide bonds. The van der Waals surface area contributed by atoms with Crippen LogP contribution >= 0.6 is 54.5 Å². The maximum absolute atomic E-state index is 3.81. The Kier molecular flexibility index (Phi) is 3.26. The van der Waals surface area contributed by atoms with E-state index in [-0.39, 0.29) is 0 Å². The van der Waals surface area contributed by atoms with Crippen molar-refractivity contribution in [1.82, 2.24) is 0 Å². The Morgan fingerprint density at radius 3 is 2.69 bits per heavy atom. The Morgan fingerprint density at radius 1 is 1.12 bits per heavy atom. The van der Waals surface area contributed by atoms with Crippen LogP contribution in [-0.4, -0.2) is 0 Å². The van der Waals surface area contributed by atoms with Crippen molar-refractivity contribution in [2.45, 2.75) is 24.1 Å². The van der Waals surface area contributed by atoms with Crippen molar-refractivity contribution >= 4 is 54.5 Å². The molecule has 2 aromatic rings. The first-order chi connectivity index (χ1) is 7.74. The van der Waals surface area contributed by atoms with Crippen molar-refractivity contribution in [3.8, 4) is 0 Å². The molecule has 0 fully saturated rings. The van der Waals surface area contributed by atoms with E-state index in [0.717, 1.165) is 0 Å². The summed E-state index contributed by atoms with van der Waals surface area (Å²) in [4.78, 5) is 4.82. The minimum absolute atomic E-state index is 0.374. The van der Waals surface area contributed by atoms with Gasteiger partial charge in [-0.1, -0.05) is 15.9 Å². The average molecular weight is 378 g/mol. The van der Waals surface area contributed by atoms with Crippen molar-refractivity contribution in [3.05, 3.63) is 42.2 Å². The number of hydrogen-bond donors (Lipinski definition) is 0. The van der Waals surface area contributed by atoms with Crippen LogP contribution in [0.2, 0.25) is 0 Å². The molecule has 0 bridgehead atoms. The molecule has 1 atom stereocenters. The lowest BCUT2D eigenvalue weighted by atomic mass is 10.2. The molecule has 2 heterocycles. The summed E-state index contributed by atoms with van der Waals surface area (Å²) in [5.74, 6) is 0. The molecule has 3 rings (SSSR count). The lowest BCUT2D eigenvalue weighted by molar-refractivity contribution is 0.913. The van der Waals surface area contributed by atoms with Gasteiger partial charge in [-0.3, -0.25) is 0 Å². The molecule has 16 heavy (non-hydrogen) atoms. The number of thiophene rings is 2. The molecule has 84 valence electrons. The number of alkyl halides is 1. The predicted molar refractivity (Wildman–Crippen MR) is 79.1 cm³/mol. The van der Waals surface area contributed by atoms with Crippen molar-refractivity contribution < 1.29 is 0 Å². The molecule has 0 saturated carbocycles. The normalized spacial score (nSPS) is 16.4. The standard InChI is InChI=1S/C12H10Br2S2/c13-11-5-4-9(16-11)12(14)10-6-7-2-1-3-8(7)15-10/h4-6,12H,1-3H2. The molecule has 1 aliphatic rings. The van der Waals surface area contributed by atoms with Crippen LogP contribution in [0.15, 0.2) is 22.0 Å². The van der Waals surface area contributed by atoms with Gasteiger partial charge >= 0.3 is 0 Å². The maximum atomic E-state index is 3.81. The van der Waals surface area contributed by atoms with Gasteiger partial charge in [-0.05, 0) is 59.0 Å². The van der Waals surface area contributed by atoms with Gasteiger partial charge < -0.3 is 0 Å². The van der Waals surface area contributed by atoms with Crippen LogP contribution in [-0.2, 0) is 12.8 Å². The lowest BCUT2D eigenvalue weighted by Crippen LogP contribution is -1.84. The van der Waals surface area contributed by atoms with E-state index >= 15 is 0 Å². The van der Waals surface area contributed by atoms with Crippen molar-refractivity contribution in [2.75, 3.05) is 0 Å². The van der Waals surface area contributed by atoms with Gasteiger partial charge in [-0.25, -0.2) is 0 Å². The molecule has 0 aromatic carbocycles. The highest BCUT2D eigenvalue weighted by Gasteiger charge is 2.20. The first-order valence-corrected chi connectivity index (χ1v) is 8.59. The summed E-state index contributed by atoms with van der Waals surface area (Å²) in [6, 6.07) is 6.70. The third-order valence-electron chi connectivity index (χ3n) is 2.86. The van der Waals surface area contributed by atoms with Gasteiger partial charge in [0.05, 0.1) is 8.61 Å². The fourth-order valence-electron chi connectivity index (χ4n) is 2.08. The van der Waals surface area contributed by atoms with E-state index in [0.29, 0.717) is 4.83 Å². The van der Waals surface area contributed by atoms with Gasteiger partial charge in [0.25, 0.3) is 0 Å². The van der Waals surface area contributed by atoms with Crippen LogP contribution in [0, 0.1) is 0 Å². The summed E-state index contributed by atoms with van der Waals surface area (Å²) in [7, 11) is 0. The fraction of sp³-hybridized carbons (Fsp3) is 0.333. The molecular formula is C12H10Br2S2. The summed E-state index contributed by atoms with van der Waals surface area (Å²) in [5, 5.41) is 0. The molecule has 4 heteroatoms. The van der Waals surface area contributed by atoms with Crippen LogP contribution in [0.4, 0.5) is 0 Å². The zero-order valence-electron chi connectivity index (χ0n) is 8.50. The third-order valence-corrected chi connectivity index (χ3v) is 7.44. The molecule has 0 radical (unpaired) electrons. The molecule has 1 unspecified atom stereocenters. The second kappa shape index (κ2) is 4.56. The second-order valence-electron chi connectivity index (χ2n) is 3.96.